The number of halogens is 1. The lowest BCUT2D eigenvalue weighted by atomic mass is 10.1. The number of aromatic nitrogens is 1. The van der Waals surface area contributed by atoms with Gasteiger partial charge in [0.25, 0.3) is 0 Å². The highest BCUT2D eigenvalue weighted by Gasteiger charge is 2.15. The molecule has 0 unspecified atom stereocenters. The van der Waals surface area contributed by atoms with Gasteiger partial charge in [-0.15, -0.1) is 0 Å². The van der Waals surface area contributed by atoms with Gasteiger partial charge >= 0.3 is 6.03 Å². The molecule has 0 saturated heterocycles. The van der Waals surface area contributed by atoms with Gasteiger partial charge in [-0.3, -0.25) is 5.32 Å². The number of nitrogens with one attached hydrogen (secondary N) is 2. The second kappa shape index (κ2) is 5.87. The Balaban J connectivity index is 1.74. The summed E-state index contributed by atoms with van der Waals surface area (Å²) in [6.07, 6.45) is 6.52. The molecule has 1 aromatic heterocycles. The van der Waals surface area contributed by atoms with Gasteiger partial charge in [0.1, 0.15) is 5.82 Å². The van der Waals surface area contributed by atoms with Crippen LogP contribution in [0.2, 0.25) is 5.02 Å². The van der Waals surface area contributed by atoms with Gasteiger partial charge in [-0.2, -0.15) is 0 Å². The van der Waals surface area contributed by atoms with E-state index in [2.05, 4.69) is 15.6 Å². The highest BCUT2D eigenvalue weighted by molar-refractivity contribution is 6.30. The van der Waals surface area contributed by atoms with E-state index in [0.717, 1.165) is 6.54 Å². The van der Waals surface area contributed by atoms with Crippen molar-refractivity contribution >= 4 is 23.4 Å². The Labute approximate surface area is 106 Å². The Hall–Kier alpha value is -1.29. The molecule has 2 rings (SSSR count). The largest absolute Gasteiger partial charge is 0.338 e. The Morgan fingerprint density at radius 2 is 2.18 bits per heavy atom. The van der Waals surface area contributed by atoms with Crippen molar-refractivity contribution in [3.8, 4) is 0 Å². The molecule has 0 radical (unpaired) electrons. The number of carbonyl (C=O) groups excluding carboxylic acids is 1. The number of amides is 2. The van der Waals surface area contributed by atoms with Crippen LogP contribution in [0.15, 0.2) is 18.3 Å². The fourth-order valence-electron chi connectivity index (χ4n) is 2.06. The number of urea groups is 1. The number of hydrogen-bond donors (Lipinski definition) is 2. The van der Waals surface area contributed by atoms with Crippen LogP contribution in [-0.4, -0.2) is 17.6 Å². The number of pyridine rings is 1. The molecule has 1 aromatic rings. The number of hydrogen-bond acceptors (Lipinski definition) is 2. The molecule has 0 bridgehead atoms. The summed E-state index contributed by atoms with van der Waals surface area (Å²) in [5.41, 5.74) is 0. The van der Waals surface area contributed by atoms with Crippen LogP contribution < -0.4 is 10.6 Å². The summed E-state index contributed by atoms with van der Waals surface area (Å²) in [4.78, 5) is 15.6. The predicted molar refractivity (Wildman–Crippen MR) is 68.2 cm³/mol. The van der Waals surface area contributed by atoms with Crippen LogP contribution >= 0.6 is 11.6 Å². The van der Waals surface area contributed by atoms with Gasteiger partial charge in [0, 0.05) is 12.7 Å². The van der Waals surface area contributed by atoms with Gasteiger partial charge < -0.3 is 5.32 Å². The predicted octanol–water partition coefficient (Wildman–Crippen LogP) is 3.05. The summed E-state index contributed by atoms with van der Waals surface area (Å²) in [7, 11) is 0. The molecule has 1 aliphatic carbocycles. The van der Waals surface area contributed by atoms with E-state index >= 15 is 0 Å². The number of anilines is 1. The maximum atomic E-state index is 11.6. The molecule has 0 aromatic carbocycles. The highest BCUT2D eigenvalue weighted by Crippen LogP contribution is 2.23. The second-order valence-electron chi connectivity index (χ2n) is 4.35. The lowest BCUT2D eigenvalue weighted by Crippen LogP contribution is -2.32. The summed E-state index contributed by atoms with van der Waals surface area (Å²) in [6.45, 7) is 0.749. The average molecular weight is 254 g/mol. The molecule has 5 heteroatoms. The van der Waals surface area contributed by atoms with E-state index in [1.54, 1.807) is 12.1 Å². The van der Waals surface area contributed by atoms with E-state index in [0.29, 0.717) is 16.8 Å². The maximum absolute atomic E-state index is 11.6. The second-order valence-corrected chi connectivity index (χ2v) is 4.78. The van der Waals surface area contributed by atoms with Crippen molar-refractivity contribution in [2.24, 2.45) is 5.92 Å². The normalized spacial score (nSPS) is 15.8. The van der Waals surface area contributed by atoms with Gasteiger partial charge in [0.2, 0.25) is 0 Å². The Morgan fingerprint density at radius 1 is 1.41 bits per heavy atom. The lowest BCUT2D eigenvalue weighted by Gasteiger charge is -2.11. The van der Waals surface area contributed by atoms with Crippen molar-refractivity contribution in [3.63, 3.8) is 0 Å². The molecule has 0 spiro atoms. The summed E-state index contributed by atoms with van der Waals surface area (Å²) >= 11 is 5.70. The van der Waals surface area contributed by atoms with E-state index in [9.17, 15) is 4.79 Å². The minimum Gasteiger partial charge on any atom is -0.338 e. The van der Waals surface area contributed by atoms with Gasteiger partial charge in [0.05, 0.1) is 5.02 Å². The molecule has 92 valence electrons. The minimum absolute atomic E-state index is 0.202. The quantitative estimate of drug-likeness (QED) is 0.870. The van der Waals surface area contributed by atoms with Crippen molar-refractivity contribution in [2.75, 3.05) is 11.9 Å². The SMILES string of the molecule is O=C(NCC1CCCC1)Nc1ccc(Cl)cn1. The smallest absolute Gasteiger partial charge is 0.320 e. The third-order valence-electron chi connectivity index (χ3n) is 3.00. The standard InChI is InChI=1S/C12H16ClN3O/c13-10-5-6-11(14-8-10)16-12(17)15-7-9-3-1-2-4-9/h5-6,8-9H,1-4,7H2,(H2,14,15,16,17). The van der Waals surface area contributed by atoms with Crippen molar-refractivity contribution in [1.82, 2.24) is 10.3 Å². The zero-order valence-electron chi connectivity index (χ0n) is 9.58. The summed E-state index contributed by atoms with van der Waals surface area (Å²) in [6, 6.07) is 3.17. The first-order valence-electron chi connectivity index (χ1n) is 5.90. The Morgan fingerprint density at radius 3 is 2.82 bits per heavy atom. The van der Waals surface area contributed by atoms with Gasteiger partial charge in [-0.25, -0.2) is 9.78 Å². The Kier molecular flexibility index (Phi) is 4.20. The van der Waals surface area contributed by atoms with E-state index in [1.807, 2.05) is 0 Å². The molecule has 1 aliphatic rings. The van der Waals surface area contributed by atoms with Gasteiger partial charge in [-0.05, 0) is 30.9 Å². The van der Waals surface area contributed by atoms with E-state index in [4.69, 9.17) is 11.6 Å². The molecule has 17 heavy (non-hydrogen) atoms. The van der Waals surface area contributed by atoms with Crippen molar-refractivity contribution in [3.05, 3.63) is 23.4 Å². The zero-order chi connectivity index (χ0) is 12.1. The zero-order valence-corrected chi connectivity index (χ0v) is 10.3. The molecular weight excluding hydrogens is 238 g/mol. The first-order chi connectivity index (χ1) is 8.24. The molecular formula is C12H16ClN3O. The lowest BCUT2D eigenvalue weighted by molar-refractivity contribution is 0.250. The molecule has 0 atom stereocenters. The van der Waals surface area contributed by atoms with Crippen molar-refractivity contribution in [1.29, 1.82) is 0 Å². The number of rotatable bonds is 3. The first-order valence-corrected chi connectivity index (χ1v) is 6.28. The van der Waals surface area contributed by atoms with Crippen LogP contribution in [0.5, 0.6) is 0 Å². The average Bonchev–Trinajstić information content (AvgIpc) is 2.83. The van der Waals surface area contributed by atoms with E-state index in [-0.39, 0.29) is 6.03 Å². The monoisotopic (exact) mass is 253 g/mol. The number of carbonyl (C=O) groups is 1. The summed E-state index contributed by atoms with van der Waals surface area (Å²) < 4.78 is 0. The summed E-state index contributed by atoms with van der Waals surface area (Å²) in [5, 5.41) is 6.10. The van der Waals surface area contributed by atoms with Crippen LogP contribution in [-0.2, 0) is 0 Å². The van der Waals surface area contributed by atoms with Crippen LogP contribution in [0.3, 0.4) is 0 Å². The van der Waals surface area contributed by atoms with Crippen LogP contribution in [0.25, 0.3) is 0 Å². The molecule has 2 N–H and O–H groups in total. The fraction of sp³-hybridized carbons (Fsp3) is 0.500. The van der Waals surface area contributed by atoms with E-state index < -0.39 is 0 Å². The van der Waals surface area contributed by atoms with Crippen molar-refractivity contribution in [2.45, 2.75) is 25.7 Å². The van der Waals surface area contributed by atoms with E-state index in [1.165, 1.54) is 31.9 Å². The van der Waals surface area contributed by atoms with Crippen LogP contribution in [0.1, 0.15) is 25.7 Å². The number of nitrogens with zero attached hydrogens (tertiary/aromatic N) is 1. The third-order valence-corrected chi connectivity index (χ3v) is 3.22. The molecule has 1 fully saturated rings. The molecule has 1 saturated carbocycles. The minimum atomic E-state index is -0.202. The van der Waals surface area contributed by atoms with Gasteiger partial charge in [-0.1, -0.05) is 24.4 Å². The molecule has 4 nitrogen and oxygen atoms in total. The maximum Gasteiger partial charge on any atom is 0.320 e. The summed E-state index contributed by atoms with van der Waals surface area (Å²) in [5.74, 6) is 1.15. The molecule has 1 heterocycles. The fourth-order valence-corrected chi connectivity index (χ4v) is 2.17. The van der Waals surface area contributed by atoms with Gasteiger partial charge in [0.15, 0.2) is 0 Å². The highest BCUT2D eigenvalue weighted by atomic mass is 35.5. The molecule has 2 amide bonds. The molecule has 0 aliphatic heterocycles. The Bertz CT molecular complexity index is 374. The van der Waals surface area contributed by atoms with Crippen LogP contribution in [0, 0.1) is 5.92 Å². The third kappa shape index (κ3) is 3.89. The topological polar surface area (TPSA) is 54.0 Å². The van der Waals surface area contributed by atoms with Crippen LogP contribution in [0.4, 0.5) is 10.6 Å². The first kappa shape index (κ1) is 12.2. The van der Waals surface area contributed by atoms with Crippen molar-refractivity contribution < 1.29 is 4.79 Å².